The van der Waals surface area contributed by atoms with Crippen LogP contribution in [0.2, 0.25) is 0 Å². The predicted octanol–water partition coefficient (Wildman–Crippen LogP) is -0.831. The normalized spacial score (nSPS) is 15.4. The average molecular weight is 845 g/mol. The van der Waals surface area contributed by atoms with Crippen LogP contribution in [0.15, 0.2) is 78.9 Å². The van der Waals surface area contributed by atoms with Crippen LogP contribution >= 0.6 is 0 Å². The molecule has 0 aromatic heterocycles. The number of phenolic OH excluding ortho intramolecular Hbond substituents is 2. The number of hydrogen-bond donors (Lipinski definition) is 10. The minimum absolute atomic E-state index is 0.0189. The van der Waals surface area contributed by atoms with Crippen molar-refractivity contribution < 1.29 is 48.9 Å². The summed E-state index contributed by atoms with van der Waals surface area (Å²) in [6, 6.07) is 15.5. The second-order valence-electron chi connectivity index (χ2n) is 14.9. The van der Waals surface area contributed by atoms with Crippen LogP contribution in [0.5, 0.6) is 11.5 Å². The monoisotopic (exact) mass is 844 g/mol. The van der Waals surface area contributed by atoms with Gasteiger partial charge in [-0.3, -0.25) is 33.6 Å². The van der Waals surface area contributed by atoms with E-state index < -0.39 is 78.8 Å². The number of likely N-dealkylation sites (tertiary alicyclic amines) is 1. The number of nitrogens with two attached hydrogens (primary N) is 2. The van der Waals surface area contributed by atoms with Crippen molar-refractivity contribution in [3.63, 3.8) is 0 Å². The van der Waals surface area contributed by atoms with Gasteiger partial charge in [0.2, 0.25) is 41.4 Å². The lowest BCUT2D eigenvalue weighted by atomic mass is 10.0. The van der Waals surface area contributed by atoms with E-state index in [9.17, 15) is 48.9 Å². The number of phenols is 2. The van der Waals surface area contributed by atoms with Gasteiger partial charge in [0, 0.05) is 25.8 Å². The molecule has 18 heteroatoms. The molecule has 1 heterocycles. The standard InChI is InChI=1S/C43H56N8O10/c44-21-5-4-9-32(47-37(55)20-15-27-11-16-30(53)17-12-27)41(59)49-33(23-28-7-2-1-3-8-28)40(58)46-25-38(56)48-34(24-29-13-18-31(54)19-14-29)43(61)51-22-6-10-36(51)42(60)50-35(26-52)39(45)57/h1-3,7-8,11-14,16-19,32-36,52-54H,4-6,9-10,15,20-26,44H2,(H2,45,57)(H,46,58)(H,47,55)(H,48,56)(H,49,59)(H,50,60)/t32-,33+,34+,35+,36+/m1/s1. The zero-order chi connectivity index (χ0) is 44.3. The van der Waals surface area contributed by atoms with Gasteiger partial charge in [-0.05, 0) is 86.0 Å². The number of aryl methyl sites for hydroxylation is 1. The number of hydrogen-bond acceptors (Lipinski definition) is 11. The van der Waals surface area contributed by atoms with Crippen LogP contribution in [0.4, 0.5) is 0 Å². The number of nitrogens with zero attached hydrogens (tertiary/aromatic N) is 1. The fourth-order valence-electron chi connectivity index (χ4n) is 6.86. The highest BCUT2D eigenvalue weighted by atomic mass is 16.3. The number of rotatable bonds is 23. The molecule has 3 aromatic rings. The molecule has 0 radical (unpaired) electrons. The minimum atomic E-state index is -1.36. The van der Waals surface area contributed by atoms with Crippen LogP contribution in [0.1, 0.15) is 55.2 Å². The Bertz CT molecular complexity index is 1950. The largest absolute Gasteiger partial charge is 0.508 e. The lowest BCUT2D eigenvalue weighted by Gasteiger charge is -2.29. The van der Waals surface area contributed by atoms with Crippen LogP contribution in [-0.4, -0.2) is 118 Å². The molecule has 1 fully saturated rings. The SMILES string of the molecule is NCCCC[C@@H](NC(=O)CCc1ccc(O)cc1)C(=O)N[C@@H](Cc1ccccc1)C(=O)NCC(=O)N[C@@H](Cc1ccc(O)cc1)C(=O)N1CCC[C@H]1C(=O)N[C@@H](CO)C(N)=O. The number of carbonyl (C=O) groups is 7. The number of benzene rings is 3. The van der Waals surface area contributed by atoms with Crippen molar-refractivity contribution in [3.05, 3.63) is 95.6 Å². The summed E-state index contributed by atoms with van der Waals surface area (Å²) in [5, 5.41) is 42.0. The number of carbonyl (C=O) groups excluding carboxylic acids is 7. The molecule has 1 saturated heterocycles. The van der Waals surface area contributed by atoms with Crippen LogP contribution in [-0.2, 0) is 52.8 Å². The van der Waals surface area contributed by atoms with Crippen molar-refractivity contribution in [2.24, 2.45) is 11.5 Å². The van der Waals surface area contributed by atoms with Crippen LogP contribution in [0.3, 0.4) is 0 Å². The molecule has 3 aromatic carbocycles. The van der Waals surface area contributed by atoms with Gasteiger partial charge in [0.05, 0.1) is 13.2 Å². The molecular formula is C43H56N8O10. The van der Waals surface area contributed by atoms with Crippen molar-refractivity contribution in [1.29, 1.82) is 0 Å². The topological polar surface area (TPSA) is 296 Å². The Balaban J connectivity index is 1.46. The Morgan fingerprint density at radius 3 is 1.92 bits per heavy atom. The summed E-state index contributed by atoms with van der Waals surface area (Å²) in [4.78, 5) is 94.2. The molecule has 0 unspecified atom stereocenters. The summed E-state index contributed by atoms with van der Waals surface area (Å²) in [5.74, 6) is -4.67. The van der Waals surface area contributed by atoms with Gasteiger partial charge in [-0.2, -0.15) is 0 Å². The van der Waals surface area contributed by atoms with E-state index in [2.05, 4.69) is 26.6 Å². The Morgan fingerprint density at radius 1 is 0.689 bits per heavy atom. The Hall–Kier alpha value is -6.53. The first-order valence-corrected chi connectivity index (χ1v) is 20.3. The lowest BCUT2D eigenvalue weighted by Crippen LogP contribution is -2.58. The average Bonchev–Trinajstić information content (AvgIpc) is 3.75. The molecular weight excluding hydrogens is 789 g/mol. The van der Waals surface area contributed by atoms with Crippen molar-refractivity contribution in [3.8, 4) is 11.5 Å². The van der Waals surface area contributed by atoms with E-state index in [1.165, 1.54) is 29.2 Å². The molecule has 0 aliphatic carbocycles. The van der Waals surface area contributed by atoms with Gasteiger partial charge >= 0.3 is 0 Å². The molecule has 4 rings (SSSR count). The number of aromatic hydroxyl groups is 2. The number of amides is 7. The van der Waals surface area contributed by atoms with Gasteiger partial charge in [0.15, 0.2) is 0 Å². The maximum absolute atomic E-state index is 14.0. The third-order valence-corrected chi connectivity index (χ3v) is 10.2. The highest BCUT2D eigenvalue weighted by Gasteiger charge is 2.39. The van der Waals surface area contributed by atoms with E-state index in [1.807, 2.05) is 0 Å². The van der Waals surface area contributed by atoms with Gasteiger partial charge in [-0.1, -0.05) is 54.6 Å². The van der Waals surface area contributed by atoms with E-state index in [0.29, 0.717) is 43.4 Å². The molecule has 0 saturated carbocycles. The minimum Gasteiger partial charge on any atom is -0.508 e. The Labute approximate surface area is 353 Å². The molecule has 1 aliphatic rings. The smallest absolute Gasteiger partial charge is 0.246 e. The first-order valence-electron chi connectivity index (χ1n) is 20.3. The molecule has 5 atom stereocenters. The summed E-state index contributed by atoms with van der Waals surface area (Å²) in [6.45, 7) is -0.809. The number of aliphatic hydroxyl groups is 1. The summed E-state index contributed by atoms with van der Waals surface area (Å²) in [7, 11) is 0. The van der Waals surface area contributed by atoms with E-state index in [1.54, 1.807) is 54.6 Å². The third-order valence-electron chi connectivity index (χ3n) is 10.2. The predicted molar refractivity (Wildman–Crippen MR) is 223 cm³/mol. The first kappa shape index (κ1) is 47.2. The van der Waals surface area contributed by atoms with Gasteiger partial charge < -0.3 is 58.3 Å². The van der Waals surface area contributed by atoms with Crippen LogP contribution in [0.25, 0.3) is 0 Å². The van der Waals surface area contributed by atoms with Gasteiger partial charge in [0.1, 0.15) is 41.7 Å². The molecule has 12 N–H and O–H groups in total. The number of nitrogens with one attached hydrogen (secondary N) is 5. The Kier molecular flexibility index (Phi) is 18.5. The molecule has 0 spiro atoms. The highest BCUT2D eigenvalue weighted by Crippen LogP contribution is 2.21. The third kappa shape index (κ3) is 15.2. The fraction of sp³-hybridized carbons (Fsp3) is 0.419. The molecule has 0 bridgehead atoms. The summed E-state index contributed by atoms with van der Waals surface area (Å²) < 4.78 is 0. The van der Waals surface area contributed by atoms with E-state index in [-0.39, 0.29) is 56.1 Å². The van der Waals surface area contributed by atoms with E-state index >= 15 is 0 Å². The van der Waals surface area contributed by atoms with Crippen molar-refractivity contribution in [2.75, 3.05) is 26.2 Å². The quantitative estimate of drug-likeness (QED) is 0.0526. The van der Waals surface area contributed by atoms with Crippen LogP contribution < -0.4 is 38.1 Å². The fourth-order valence-corrected chi connectivity index (χ4v) is 6.86. The molecule has 1 aliphatic heterocycles. The van der Waals surface area contributed by atoms with Crippen molar-refractivity contribution >= 4 is 41.4 Å². The van der Waals surface area contributed by atoms with Crippen LogP contribution in [0, 0.1) is 0 Å². The Morgan fingerprint density at radius 2 is 1.30 bits per heavy atom. The number of aliphatic hydroxyl groups excluding tert-OH is 1. The molecule has 18 nitrogen and oxygen atoms in total. The second kappa shape index (κ2) is 23.9. The number of primary amides is 1. The summed E-state index contributed by atoms with van der Waals surface area (Å²) in [5.41, 5.74) is 13.0. The zero-order valence-electron chi connectivity index (χ0n) is 33.9. The first-order chi connectivity index (χ1) is 29.3. The molecule has 328 valence electrons. The van der Waals surface area contributed by atoms with Gasteiger partial charge in [0.25, 0.3) is 0 Å². The lowest BCUT2D eigenvalue weighted by molar-refractivity contribution is -0.142. The summed E-state index contributed by atoms with van der Waals surface area (Å²) in [6.07, 6.45) is 2.46. The maximum Gasteiger partial charge on any atom is 0.246 e. The van der Waals surface area contributed by atoms with Gasteiger partial charge in [-0.15, -0.1) is 0 Å². The van der Waals surface area contributed by atoms with Crippen molar-refractivity contribution in [2.45, 2.75) is 88.0 Å². The van der Waals surface area contributed by atoms with E-state index in [4.69, 9.17) is 11.5 Å². The number of unbranched alkanes of at least 4 members (excludes halogenated alkanes) is 1. The molecule has 61 heavy (non-hydrogen) atoms. The van der Waals surface area contributed by atoms with Gasteiger partial charge in [-0.25, -0.2) is 0 Å². The highest BCUT2D eigenvalue weighted by molar-refractivity contribution is 5.96. The zero-order valence-corrected chi connectivity index (χ0v) is 33.9. The maximum atomic E-state index is 14.0. The molecule has 7 amide bonds. The van der Waals surface area contributed by atoms with Crippen molar-refractivity contribution in [1.82, 2.24) is 31.5 Å². The summed E-state index contributed by atoms with van der Waals surface area (Å²) >= 11 is 0. The van der Waals surface area contributed by atoms with E-state index in [0.717, 1.165) is 5.56 Å². The second-order valence-corrected chi connectivity index (χ2v) is 14.9.